The van der Waals surface area contributed by atoms with Crippen molar-refractivity contribution in [3.8, 4) is 5.88 Å². The maximum Gasteiger partial charge on any atom is 0.222 e. The molecule has 4 N–H and O–H groups in total. The third-order valence-electron chi connectivity index (χ3n) is 3.87. The molecule has 2 aliphatic rings. The lowest BCUT2D eigenvalue weighted by Crippen LogP contribution is -2.35. The van der Waals surface area contributed by atoms with Gasteiger partial charge < -0.3 is 20.5 Å². The van der Waals surface area contributed by atoms with E-state index in [-0.39, 0.29) is 11.9 Å². The van der Waals surface area contributed by atoms with Crippen molar-refractivity contribution in [2.24, 2.45) is 5.10 Å². The predicted molar refractivity (Wildman–Crippen MR) is 82.4 cm³/mol. The molecule has 3 heterocycles. The molecule has 4 rings (SSSR count). The lowest BCUT2D eigenvalue weighted by Gasteiger charge is -2.15. The summed E-state index contributed by atoms with van der Waals surface area (Å²) in [6, 6.07) is 6.26. The van der Waals surface area contributed by atoms with Gasteiger partial charge in [-0.25, -0.2) is 9.37 Å². The first-order valence-electron chi connectivity index (χ1n) is 7.45. The number of aliphatic hydroxyl groups is 1. The first-order chi connectivity index (χ1) is 11.2. The zero-order valence-electron chi connectivity index (χ0n) is 12.2. The van der Waals surface area contributed by atoms with Gasteiger partial charge in [0.15, 0.2) is 5.84 Å². The zero-order valence-corrected chi connectivity index (χ0v) is 12.2. The number of hydrogen-bond donors (Lipinski definition) is 4. The minimum Gasteiger partial charge on any atom is -0.472 e. The molecule has 2 aromatic rings. The average molecular weight is 317 g/mol. The summed E-state index contributed by atoms with van der Waals surface area (Å²) in [7, 11) is 0. The number of fused-ring (bicyclic) bond motifs is 1. The second-order valence-corrected chi connectivity index (χ2v) is 5.55. The smallest absolute Gasteiger partial charge is 0.222 e. The fraction of sp³-hybridized carbons (Fsp3) is 0.333. The number of ether oxygens (including phenoxy) is 1. The number of hydrazone groups is 1. The van der Waals surface area contributed by atoms with Crippen LogP contribution in [0.4, 0.5) is 4.39 Å². The summed E-state index contributed by atoms with van der Waals surface area (Å²) in [5.41, 5.74) is 3.02. The second kappa shape index (κ2) is 5.64. The zero-order chi connectivity index (χ0) is 15.8. The third-order valence-corrected chi connectivity index (χ3v) is 3.87. The van der Waals surface area contributed by atoms with Gasteiger partial charge in [0, 0.05) is 11.9 Å². The molecule has 1 aromatic carbocycles. The molecule has 2 atom stereocenters. The molecule has 2 aliphatic heterocycles. The van der Waals surface area contributed by atoms with E-state index in [1.54, 1.807) is 12.1 Å². The highest BCUT2D eigenvalue weighted by molar-refractivity contribution is 6.01. The van der Waals surface area contributed by atoms with Gasteiger partial charge in [-0.15, -0.1) is 0 Å². The molecule has 0 bridgehead atoms. The first kappa shape index (κ1) is 14.2. The first-order valence-corrected chi connectivity index (χ1v) is 7.45. The van der Waals surface area contributed by atoms with Crippen LogP contribution < -0.4 is 20.8 Å². The molecular formula is C15H16FN5O2. The topological polar surface area (TPSA) is 90.8 Å². The molecule has 8 heteroatoms. The maximum absolute atomic E-state index is 13.6. The molecule has 120 valence electrons. The van der Waals surface area contributed by atoms with Gasteiger partial charge in [-0.3, -0.25) is 5.43 Å². The Labute approximate surface area is 131 Å². The standard InChI is InChI=1S/C15H16FN5O2/c16-9-2-1-8-5-12(13-19-15(22)21-20-13)18-14(11(8)6-9)23-10-3-4-17-7-10/h1-2,5-6,10,15,17,21-22H,3-4,7H2,(H,19,20)/t10-,15?/m0/s1. The van der Waals surface area contributed by atoms with Crippen LogP contribution in [0.25, 0.3) is 10.8 Å². The van der Waals surface area contributed by atoms with Crippen molar-refractivity contribution in [2.75, 3.05) is 13.1 Å². The number of aliphatic hydroxyl groups excluding tert-OH is 1. The summed E-state index contributed by atoms with van der Waals surface area (Å²) in [4.78, 5) is 4.46. The number of nitrogens with one attached hydrogen (secondary N) is 3. The van der Waals surface area contributed by atoms with E-state index in [9.17, 15) is 9.50 Å². The highest BCUT2D eigenvalue weighted by Crippen LogP contribution is 2.27. The predicted octanol–water partition coefficient (Wildman–Crippen LogP) is 0.245. The normalized spacial score (nSPS) is 23.5. The van der Waals surface area contributed by atoms with Crippen molar-refractivity contribution < 1.29 is 14.2 Å². The Morgan fingerprint density at radius 1 is 1.30 bits per heavy atom. The third kappa shape index (κ3) is 2.78. The largest absolute Gasteiger partial charge is 0.472 e. The van der Waals surface area contributed by atoms with Gasteiger partial charge in [0.2, 0.25) is 12.2 Å². The Bertz CT molecular complexity index is 776. The van der Waals surface area contributed by atoms with Crippen LogP contribution in [0.3, 0.4) is 0 Å². The lowest BCUT2D eigenvalue weighted by atomic mass is 10.1. The summed E-state index contributed by atoms with van der Waals surface area (Å²) in [6.45, 7) is 1.63. The summed E-state index contributed by atoms with van der Waals surface area (Å²) < 4.78 is 19.6. The van der Waals surface area contributed by atoms with E-state index in [2.05, 4.69) is 26.1 Å². The molecule has 0 saturated carbocycles. The number of pyridine rings is 1. The van der Waals surface area contributed by atoms with Crippen LogP contribution in [0.15, 0.2) is 29.4 Å². The van der Waals surface area contributed by atoms with Gasteiger partial charge >= 0.3 is 0 Å². The van der Waals surface area contributed by atoms with Crippen LogP contribution in [0, 0.1) is 5.82 Å². The van der Waals surface area contributed by atoms with E-state index in [0.717, 1.165) is 24.9 Å². The van der Waals surface area contributed by atoms with E-state index >= 15 is 0 Å². The Morgan fingerprint density at radius 2 is 2.22 bits per heavy atom. The molecule has 0 radical (unpaired) electrons. The number of nitrogens with zero attached hydrogens (tertiary/aromatic N) is 2. The quantitative estimate of drug-likeness (QED) is 0.649. The number of benzene rings is 1. The van der Waals surface area contributed by atoms with Crippen LogP contribution in [-0.2, 0) is 0 Å². The molecule has 7 nitrogen and oxygen atoms in total. The van der Waals surface area contributed by atoms with Crippen LogP contribution in [0.5, 0.6) is 5.88 Å². The van der Waals surface area contributed by atoms with Gasteiger partial charge in [0.05, 0.1) is 0 Å². The van der Waals surface area contributed by atoms with Gasteiger partial charge in [0.1, 0.15) is 17.6 Å². The average Bonchev–Trinajstić information content (AvgIpc) is 3.19. The van der Waals surface area contributed by atoms with E-state index < -0.39 is 6.35 Å². The Morgan fingerprint density at radius 3 is 2.96 bits per heavy atom. The second-order valence-electron chi connectivity index (χ2n) is 5.55. The van der Waals surface area contributed by atoms with Gasteiger partial charge in [-0.2, -0.15) is 5.10 Å². The highest BCUT2D eigenvalue weighted by atomic mass is 19.1. The number of halogens is 1. The fourth-order valence-electron chi connectivity index (χ4n) is 2.74. The summed E-state index contributed by atoms with van der Waals surface area (Å²) >= 11 is 0. The number of aromatic nitrogens is 1. The Kier molecular flexibility index (Phi) is 3.47. The van der Waals surface area contributed by atoms with E-state index in [1.165, 1.54) is 12.1 Å². The minimum absolute atomic E-state index is 0.00593. The molecule has 0 amide bonds. The van der Waals surface area contributed by atoms with Crippen molar-refractivity contribution >= 4 is 16.6 Å². The SMILES string of the molecule is OC1NN=C(c2cc3ccc(F)cc3c(O[C@H]3CCNC3)n2)N1. The van der Waals surface area contributed by atoms with Gasteiger partial charge in [-0.1, -0.05) is 6.07 Å². The number of amidine groups is 1. The molecular weight excluding hydrogens is 301 g/mol. The molecule has 1 fully saturated rings. The van der Waals surface area contributed by atoms with Crippen molar-refractivity contribution in [3.05, 3.63) is 35.8 Å². The molecule has 1 aromatic heterocycles. The molecule has 1 unspecified atom stereocenters. The monoisotopic (exact) mass is 317 g/mol. The summed E-state index contributed by atoms with van der Waals surface area (Å²) in [5, 5.41) is 20.8. The molecule has 0 aliphatic carbocycles. The van der Waals surface area contributed by atoms with Crippen LogP contribution in [-0.4, -0.2) is 41.5 Å². The fourth-order valence-corrected chi connectivity index (χ4v) is 2.74. The molecule has 1 saturated heterocycles. The minimum atomic E-state index is -0.945. The van der Waals surface area contributed by atoms with Crippen molar-refractivity contribution in [2.45, 2.75) is 18.9 Å². The number of rotatable bonds is 3. The van der Waals surface area contributed by atoms with Crippen LogP contribution >= 0.6 is 0 Å². The van der Waals surface area contributed by atoms with E-state index in [0.29, 0.717) is 22.8 Å². The van der Waals surface area contributed by atoms with Crippen molar-refractivity contribution in [3.63, 3.8) is 0 Å². The van der Waals surface area contributed by atoms with E-state index in [1.807, 2.05) is 0 Å². The summed E-state index contributed by atoms with van der Waals surface area (Å²) in [6.07, 6.45) is -0.0622. The van der Waals surface area contributed by atoms with Gasteiger partial charge in [-0.05, 0) is 36.6 Å². The van der Waals surface area contributed by atoms with Crippen LogP contribution in [0.1, 0.15) is 12.1 Å². The van der Waals surface area contributed by atoms with Crippen molar-refractivity contribution in [1.82, 2.24) is 21.0 Å². The highest BCUT2D eigenvalue weighted by Gasteiger charge is 2.22. The maximum atomic E-state index is 13.6. The lowest BCUT2D eigenvalue weighted by molar-refractivity contribution is 0.137. The molecule has 23 heavy (non-hydrogen) atoms. The molecule has 0 spiro atoms. The Hall–Kier alpha value is -2.45. The Balaban J connectivity index is 1.78. The van der Waals surface area contributed by atoms with Gasteiger partial charge in [0.25, 0.3) is 0 Å². The van der Waals surface area contributed by atoms with Crippen LogP contribution in [0.2, 0.25) is 0 Å². The number of hydrogen-bond acceptors (Lipinski definition) is 7. The van der Waals surface area contributed by atoms with Crippen molar-refractivity contribution in [1.29, 1.82) is 0 Å². The summed E-state index contributed by atoms with van der Waals surface area (Å²) in [5.74, 6) is 0.449. The van der Waals surface area contributed by atoms with E-state index in [4.69, 9.17) is 4.74 Å².